The minimum Gasteiger partial charge on any atom is -0.480 e. The Kier molecular flexibility index (Phi) is 4.76. The summed E-state index contributed by atoms with van der Waals surface area (Å²) in [6.45, 7) is 8.25. The largest absolute Gasteiger partial charge is 0.480 e. The molecule has 2 N–H and O–H groups in total. The van der Waals surface area contributed by atoms with E-state index in [1.54, 1.807) is 6.92 Å². The number of carbonyl (C=O) groups excluding carboxylic acids is 1. The fraction of sp³-hybridized carbons (Fsp3) is 0.867. The number of hydrogen-bond donors (Lipinski definition) is 2. The molecule has 6 nitrogen and oxygen atoms in total. The maximum atomic E-state index is 12.5. The fourth-order valence-corrected chi connectivity index (χ4v) is 3.50. The van der Waals surface area contributed by atoms with Crippen LogP contribution < -0.4 is 5.32 Å². The standard InChI is InChI=1S/C15H27N3O3/c1-4-7-15(3,13(19)20)16-14(21)18-10-12-6-5-8-17(12)9-11(18)2/h11-12H,4-10H2,1-3H3,(H,16,21)(H,19,20). The number of amides is 2. The molecule has 0 aromatic heterocycles. The number of rotatable bonds is 4. The monoisotopic (exact) mass is 297 g/mol. The number of carboxylic acid groups (broad SMARTS) is 1. The van der Waals surface area contributed by atoms with Crippen molar-refractivity contribution in [1.82, 2.24) is 15.1 Å². The molecule has 0 saturated carbocycles. The highest BCUT2D eigenvalue weighted by Gasteiger charge is 2.40. The molecule has 2 aliphatic heterocycles. The summed E-state index contributed by atoms with van der Waals surface area (Å²) in [6, 6.07) is 0.320. The lowest BCUT2D eigenvalue weighted by atomic mass is 9.96. The van der Waals surface area contributed by atoms with Crippen LogP contribution in [0.15, 0.2) is 0 Å². The van der Waals surface area contributed by atoms with Gasteiger partial charge in [-0.3, -0.25) is 4.90 Å². The molecule has 0 aliphatic carbocycles. The summed E-state index contributed by atoms with van der Waals surface area (Å²) in [4.78, 5) is 28.2. The predicted octanol–water partition coefficient (Wildman–Crippen LogP) is 1.51. The van der Waals surface area contributed by atoms with Gasteiger partial charge in [-0.1, -0.05) is 13.3 Å². The Morgan fingerprint density at radius 1 is 1.38 bits per heavy atom. The third kappa shape index (κ3) is 3.31. The van der Waals surface area contributed by atoms with E-state index in [1.165, 1.54) is 6.42 Å². The Bertz CT molecular complexity index is 415. The van der Waals surface area contributed by atoms with Gasteiger partial charge in [-0.05, 0) is 39.7 Å². The number of nitrogens with one attached hydrogen (secondary N) is 1. The van der Waals surface area contributed by atoms with Gasteiger partial charge in [0.25, 0.3) is 0 Å². The topological polar surface area (TPSA) is 72.9 Å². The Balaban J connectivity index is 2.03. The first-order valence-electron chi connectivity index (χ1n) is 7.93. The summed E-state index contributed by atoms with van der Waals surface area (Å²) in [7, 11) is 0. The van der Waals surface area contributed by atoms with Gasteiger partial charge in [0.15, 0.2) is 0 Å². The van der Waals surface area contributed by atoms with Crippen LogP contribution in [0, 0.1) is 0 Å². The van der Waals surface area contributed by atoms with E-state index in [0.717, 1.165) is 25.9 Å². The van der Waals surface area contributed by atoms with E-state index in [9.17, 15) is 14.7 Å². The quantitative estimate of drug-likeness (QED) is 0.825. The highest BCUT2D eigenvalue weighted by molar-refractivity contribution is 5.86. The highest BCUT2D eigenvalue weighted by atomic mass is 16.4. The summed E-state index contributed by atoms with van der Waals surface area (Å²) in [5.41, 5.74) is -1.18. The van der Waals surface area contributed by atoms with E-state index >= 15 is 0 Å². The summed E-state index contributed by atoms with van der Waals surface area (Å²) in [6.07, 6.45) is 3.47. The molecule has 2 amide bonds. The van der Waals surface area contributed by atoms with Crippen LogP contribution >= 0.6 is 0 Å². The van der Waals surface area contributed by atoms with Crippen molar-refractivity contribution in [2.24, 2.45) is 0 Å². The first-order chi connectivity index (χ1) is 9.87. The van der Waals surface area contributed by atoms with Crippen molar-refractivity contribution in [3.63, 3.8) is 0 Å². The van der Waals surface area contributed by atoms with Gasteiger partial charge in [0.05, 0.1) is 0 Å². The number of piperazine rings is 1. The van der Waals surface area contributed by atoms with Crippen molar-refractivity contribution in [2.75, 3.05) is 19.6 Å². The molecule has 6 heteroatoms. The van der Waals surface area contributed by atoms with Gasteiger partial charge in [-0.15, -0.1) is 0 Å². The van der Waals surface area contributed by atoms with Crippen LogP contribution in [-0.4, -0.2) is 64.2 Å². The average Bonchev–Trinajstić information content (AvgIpc) is 2.84. The van der Waals surface area contributed by atoms with E-state index in [4.69, 9.17) is 0 Å². The first kappa shape index (κ1) is 16.1. The Hall–Kier alpha value is -1.30. The van der Waals surface area contributed by atoms with Crippen molar-refractivity contribution in [3.8, 4) is 0 Å². The number of hydrogen-bond acceptors (Lipinski definition) is 3. The van der Waals surface area contributed by atoms with Gasteiger partial charge in [0.2, 0.25) is 0 Å². The summed E-state index contributed by atoms with van der Waals surface area (Å²) in [5.74, 6) is -0.968. The molecule has 0 spiro atoms. The summed E-state index contributed by atoms with van der Waals surface area (Å²) < 4.78 is 0. The van der Waals surface area contributed by atoms with Crippen molar-refractivity contribution in [3.05, 3.63) is 0 Å². The van der Waals surface area contributed by atoms with E-state index in [2.05, 4.69) is 10.2 Å². The lowest BCUT2D eigenvalue weighted by Crippen LogP contribution is -2.63. The van der Waals surface area contributed by atoms with Gasteiger partial charge in [-0.2, -0.15) is 0 Å². The molecule has 2 rings (SSSR count). The summed E-state index contributed by atoms with van der Waals surface area (Å²) in [5, 5.41) is 12.1. The number of fused-ring (bicyclic) bond motifs is 1. The maximum absolute atomic E-state index is 12.5. The number of carbonyl (C=O) groups is 2. The normalized spacial score (nSPS) is 28.8. The van der Waals surface area contributed by atoms with Crippen LogP contribution in [0.3, 0.4) is 0 Å². The molecule has 0 aromatic rings. The van der Waals surface area contributed by atoms with Gasteiger partial charge >= 0.3 is 12.0 Å². The Morgan fingerprint density at radius 2 is 2.10 bits per heavy atom. The van der Waals surface area contributed by atoms with Gasteiger partial charge in [0, 0.05) is 25.2 Å². The molecule has 2 heterocycles. The number of urea groups is 1. The molecule has 21 heavy (non-hydrogen) atoms. The molecule has 120 valence electrons. The van der Waals surface area contributed by atoms with Crippen LogP contribution in [0.25, 0.3) is 0 Å². The SMILES string of the molecule is CCCC(C)(NC(=O)N1CC2CCCN2CC1C)C(=O)O. The Morgan fingerprint density at radius 3 is 2.71 bits per heavy atom. The molecule has 3 unspecified atom stereocenters. The lowest BCUT2D eigenvalue weighted by molar-refractivity contribution is -0.144. The van der Waals surface area contributed by atoms with E-state index in [0.29, 0.717) is 19.0 Å². The number of nitrogens with zero attached hydrogens (tertiary/aromatic N) is 2. The van der Waals surface area contributed by atoms with Gasteiger partial charge < -0.3 is 15.3 Å². The van der Waals surface area contributed by atoms with Crippen molar-refractivity contribution in [2.45, 2.75) is 64.1 Å². The second-order valence-electron chi connectivity index (χ2n) is 6.61. The zero-order chi connectivity index (χ0) is 15.6. The van der Waals surface area contributed by atoms with Crippen molar-refractivity contribution in [1.29, 1.82) is 0 Å². The fourth-order valence-electron chi connectivity index (χ4n) is 3.50. The molecule has 0 aromatic carbocycles. The molecule has 2 saturated heterocycles. The zero-order valence-corrected chi connectivity index (χ0v) is 13.3. The summed E-state index contributed by atoms with van der Waals surface area (Å²) >= 11 is 0. The Labute approximate surface area is 126 Å². The predicted molar refractivity (Wildman–Crippen MR) is 80.2 cm³/mol. The third-order valence-corrected chi connectivity index (χ3v) is 4.80. The second kappa shape index (κ2) is 6.22. The van der Waals surface area contributed by atoms with Crippen LogP contribution in [0.2, 0.25) is 0 Å². The molecule has 2 fully saturated rings. The van der Waals surface area contributed by atoms with Crippen LogP contribution in [0.5, 0.6) is 0 Å². The van der Waals surface area contributed by atoms with Crippen LogP contribution in [0.4, 0.5) is 4.79 Å². The average molecular weight is 297 g/mol. The minimum atomic E-state index is -1.18. The smallest absolute Gasteiger partial charge is 0.329 e. The van der Waals surface area contributed by atoms with Crippen molar-refractivity contribution < 1.29 is 14.7 Å². The molecule has 0 bridgehead atoms. The molecule has 0 radical (unpaired) electrons. The van der Waals surface area contributed by atoms with Crippen LogP contribution in [-0.2, 0) is 4.79 Å². The van der Waals surface area contributed by atoms with Crippen LogP contribution in [0.1, 0.15) is 46.5 Å². The van der Waals surface area contributed by atoms with E-state index in [-0.39, 0.29) is 12.1 Å². The lowest BCUT2D eigenvalue weighted by Gasteiger charge is -2.43. The minimum absolute atomic E-state index is 0.124. The third-order valence-electron chi connectivity index (χ3n) is 4.80. The van der Waals surface area contributed by atoms with Gasteiger partial charge in [0.1, 0.15) is 5.54 Å². The molecular weight excluding hydrogens is 270 g/mol. The maximum Gasteiger partial charge on any atom is 0.329 e. The number of carboxylic acids is 1. The van der Waals surface area contributed by atoms with E-state index in [1.807, 2.05) is 18.7 Å². The number of aliphatic carboxylic acids is 1. The molecular formula is C15H27N3O3. The first-order valence-corrected chi connectivity index (χ1v) is 7.93. The molecule has 2 aliphatic rings. The zero-order valence-electron chi connectivity index (χ0n) is 13.3. The van der Waals surface area contributed by atoms with E-state index < -0.39 is 11.5 Å². The second-order valence-corrected chi connectivity index (χ2v) is 6.61. The molecule has 3 atom stereocenters. The highest BCUT2D eigenvalue weighted by Crippen LogP contribution is 2.25. The van der Waals surface area contributed by atoms with Gasteiger partial charge in [-0.25, -0.2) is 9.59 Å². The van der Waals surface area contributed by atoms with Crippen molar-refractivity contribution >= 4 is 12.0 Å².